The number of esters is 3. The molecule has 3 unspecified atom stereocenters. The second-order valence-electron chi connectivity index (χ2n) is 17.7. The summed E-state index contributed by atoms with van der Waals surface area (Å²) in [6, 6.07) is 0. The lowest BCUT2D eigenvalue weighted by atomic mass is 10.1. The number of aliphatic hydroxyl groups excluding tert-OH is 1. The minimum atomic E-state index is -4.74. The monoisotopic (exact) mass is 953 g/mol. The Hall–Kier alpha value is -2.56. The largest absolute Gasteiger partial charge is 0.472 e. The fraction of sp³-hybridized carbons (Fsp3) is 0.796. The Labute approximate surface area is 403 Å². The summed E-state index contributed by atoms with van der Waals surface area (Å²) in [7, 11) is -4.74. The lowest BCUT2D eigenvalue weighted by molar-refractivity contribution is -0.161. The molecule has 0 radical (unpaired) electrons. The molecule has 0 aromatic rings. The van der Waals surface area contributed by atoms with Crippen LogP contribution in [0.2, 0.25) is 0 Å². The summed E-state index contributed by atoms with van der Waals surface area (Å²) in [5.41, 5.74) is 0. The molecule has 66 heavy (non-hydrogen) atoms. The molecule has 0 aliphatic rings. The highest BCUT2D eigenvalue weighted by molar-refractivity contribution is 7.47. The number of allylic oxidation sites excluding steroid dienone is 8. The molecule has 0 bridgehead atoms. The van der Waals surface area contributed by atoms with Crippen molar-refractivity contribution >= 4 is 25.7 Å². The highest BCUT2D eigenvalue weighted by Crippen LogP contribution is 2.43. The van der Waals surface area contributed by atoms with Gasteiger partial charge in [0.05, 0.1) is 19.8 Å². The number of carbonyl (C=O) groups excluding carboxylic acids is 3. The van der Waals surface area contributed by atoms with Crippen molar-refractivity contribution < 1.29 is 52.2 Å². The van der Waals surface area contributed by atoms with Crippen LogP contribution in [0.25, 0.3) is 0 Å². The van der Waals surface area contributed by atoms with Crippen molar-refractivity contribution in [3.8, 4) is 0 Å². The zero-order chi connectivity index (χ0) is 48.4. The van der Waals surface area contributed by atoms with Gasteiger partial charge in [0.25, 0.3) is 0 Å². The molecule has 0 amide bonds. The number of carbonyl (C=O) groups is 3. The SMILES string of the molecule is CC/C=C\C/C=C\C/C=C\CCCCCCCCCC(=O)OC(COC(=O)CCCCCCCCCCC)COP(=O)(O)OCC(CO)OC(=O)CCCCCCC/C=C\CCCCCC. The van der Waals surface area contributed by atoms with Crippen molar-refractivity contribution in [2.75, 3.05) is 26.4 Å². The zero-order valence-corrected chi connectivity index (χ0v) is 43.1. The smallest absolute Gasteiger partial charge is 0.462 e. The molecule has 0 saturated carbocycles. The summed E-state index contributed by atoms with van der Waals surface area (Å²) in [4.78, 5) is 48.2. The molecular formula is C54H97O11P. The van der Waals surface area contributed by atoms with Gasteiger partial charge in [-0.1, -0.05) is 191 Å². The zero-order valence-electron chi connectivity index (χ0n) is 42.2. The highest BCUT2D eigenvalue weighted by atomic mass is 31.2. The quantitative estimate of drug-likeness (QED) is 0.0197. The first-order valence-corrected chi connectivity index (χ1v) is 28.0. The van der Waals surface area contributed by atoms with Gasteiger partial charge in [-0.2, -0.15) is 0 Å². The number of phosphoric acid groups is 1. The second-order valence-corrected chi connectivity index (χ2v) is 19.1. The Balaban J connectivity index is 4.69. The molecule has 0 fully saturated rings. The Morgan fingerprint density at radius 3 is 1.24 bits per heavy atom. The summed E-state index contributed by atoms with van der Waals surface area (Å²) in [6.07, 6.45) is 49.4. The molecule has 0 heterocycles. The van der Waals surface area contributed by atoms with Crippen LogP contribution < -0.4 is 0 Å². The second kappa shape index (κ2) is 48.9. The van der Waals surface area contributed by atoms with E-state index < -0.39 is 57.8 Å². The summed E-state index contributed by atoms with van der Waals surface area (Å²) in [5, 5.41) is 9.77. The van der Waals surface area contributed by atoms with Crippen LogP contribution in [0.1, 0.15) is 239 Å². The van der Waals surface area contributed by atoms with Crippen molar-refractivity contribution in [3.63, 3.8) is 0 Å². The first-order valence-electron chi connectivity index (χ1n) is 26.5. The van der Waals surface area contributed by atoms with Crippen molar-refractivity contribution in [1.29, 1.82) is 0 Å². The maximum Gasteiger partial charge on any atom is 0.472 e. The van der Waals surface area contributed by atoms with E-state index in [1.54, 1.807) is 0 Å². The molecule has 0 saturated heterocycles. The number of phosphoric ester groups is 1. The molecule has 0 aliphatic heterocycles. The molecule has 3 atom stereocenters. The molecule has 2 N–H and O–H groups in total. The molecule has 0 aromatic heterocycles. The average Bonchev–Trinajstić information content (AvgIpc) is 3.30. The van der Waals surface area contributed by atoms with Gasteiger partial charge in [-0.15, -0.1) is 0 Å². The number of hydrogen-bond acceptors (Lipinski definition) is 10. The normalized spacial score (nSPS) is 13.8. The third-order valence-corrected chi connectivity index (χ3v) is 12.2. The van der Waals surface area contributed by atoms with Crippen LogP contribution in [-0.2, 0) is 42.2 Å². The van der Waals surface area contributed by atoms with Gasteiger partial charge in [0.15, 0.2) is 6.10 Å². The Morgan fingerprint density at radius 1 is 0.439 bits per heavy atom. The van der Waals surface area contributed by atoms with Crippen LogP contribution in [0, 0.1) is 0 Å². The first-order chi connectivity index (χ1) is 32.2. The number of hydrogen-bond donors (Lipinski definition) is 2. The van der Waals surface area contributed by atoms with E-state index >= 15 is 0 Å². The van der Waals surface area contributed by atoms with E-state index in [0.29, 0.717) is 19.3 Å². The Morgan fingerprint density at radius 2 is 0.788 bits per heavy atom. The van der Waals surface area contributed by atoms with Gasteiger partial charge in [0.2, 0.25) is 0 Å². The van der Waals surface area contributed by atoms with Crippen LogP contribution in [0.3, 0.4) is 0 Å². The van der Waals surface area contributed by atoms with Crippen LogP contribution in [0.4, 0.5) is 0 Å². The molecule has 11 nitrogen and oxygen atoms in total. The molecule has 0 aliphatic carbocycles. The number of rotatable bonds is 49. The summed E-state index contributed by atoms with van der Waals surface area (Å²) < 4.78 is 39.3. The third kappa shape index (κ3) is 46.5. The molecule has 0 aromatic carbocycles. The van der Waals surface area contributed by atoms with Crippen LogP contribution in [-0.4, -0.2) is 66.5 Å². The fourth-order valence-corrected chi connectivity index (χ4v) is 7.97. The number of ether oxygens (including phenoxy) is 3. The fourth-order valence-electron chi connectivity index (χ4n) is 7.19. The minimum Gasteiger partial charge on any atom is -0.462 e. The van der Waals surface area contributed by atoms with Gasteiger partial charge in [-0.3, -0.25) is 23.4 Å². The van der Waals surface area contributed by atoms with E-state index in [0.717, 1.165) is 109 Å². The predicted molar refractivity (Wildman–Crippen MR) is 270 cm³/mol. The Bertz CT molecular complexity index is 1300. The maximum absolute atomic E-state index is 12.8. The average molecular weight is 953 g/mol. The van der Waals surface area contributed by atoms with Gasteiger partial charge in [0.1, 0.15) is 12.7 Å². The van der Waals surface area contributed by atoms with Crippen molar-refractivity contribution in [1.82, 2.24) is 0 Å². The van der Waals surface area contributed by atoms with E-state index in [4.69, 9.17) is 23.3 Å². The van der Waals surface area contributed by atoms with Gasteiger partial charge < -0.3 is 24.2 Å². The molecule has 384 valence electrons. The molecule has 0 rings (SSSR count). The summed E-state index contributed by atoms with van der Waals surface area (Å²) in [6.45, 7) is 4.48. The standard InChI is InChI=1S/C54H97O11P/c1-4-7-10-13-16-19-21-23-24-25-26-28-30-33-36-39-42-45-54(58)65-51(47-61-52(56)43-40-37-34-31-18-15-12-9-6-3)49-63-66(59,60)62-48-50(46-55)64-53(57)44-41-38-35-32-29-27-22-20-17-14-11-8-5-2/h7,10,16,19-20,22-24,50-51,55H,4-6,8-9,11-15,17-18,21,25-49H2,1-3H3,(H,59,60)/b10-7-,19-16-,22-20-,24-23-. The number of unbranched alkanes of at least 4 members (excludes halogenated alkanes) is 24. The van der Waals surface area contributed by atoms with Crippen LogP contribution >= 0.6 is 7.82 Å². The van der Waals surface area contributed by atoms with Crippen LogP contribution in [0.15, 0.2) is 48.6 Å². The van der Waals surface area contributed by atoms with E-state index in [2.05, 4.69) is 69.4 Å². The van der Waals surface area contributed by atoms with Crippen molar-refractivity contribution in [2.45, 2.75) is 251 Å². The first kappa shape index (κ1) is 63.4. The highest BCUT2D eigenvalue weighted by Gasteiger charge is 2.28. The number of aliphatic hydroxyl groups is 1. The van der Waals surface area contributed by atoms with E-state index in [1.165, 1.54) is 70.6 Å². The molecule has 12 heteroatoms. The van der Waals surface area contributed by atoms with E-state index in [9.17, 15) is 28.9 Å². The minimum absolute atomic E-state index is 0.158. The van der Waals surface area contributed by atoms with Crippen LogP contribution in [0.5, 0.6) is 0 Å². The Kier molecular flexibility index (Phi) is 47.0. The van der Waals surface area contributed by atoms with Gasteiger partial charge in [-0.25, -0.2) is 4.57 Å². The summed E-state index contributed by atoms with van der Waals surface area (Å²) >= 11 is 0. The predicted octanol–water partition coefficient (Wildman–Crippen LogP) is 15.0. The molecular weight excluding hydrogens is 856 g/mol. The van der Waals surface area contributed by atoms with Gasteiger partial charge in [-0.05, 0) is 77.0 Å². The van der Waals surface area contributed by atoms with Crippen molar-refractivity contribution in [3.05, 3.63) is 48.6 Å². The van der Waals surface area contributed by atoms with E-state index in [-0.39, 0.29) is 25.9 Å². The van der Waals surface area contributed by atoms with Crippen molar-refractivity contribution in [2.24, 2.45) is 0 Å². The lowest BCUT2D eigenvalue weighted by Gasteiger charge is -2.21. The van der Waals surface area contributed by atoms with Gasteiger partial charge in [0, 0.05) is 19.3 Å². The third-order valence-electron chi connectivity index (χ3n) is 11.2. The topological polar surface area (TPSA) is 155 Å². The summed E-state index contributed by atoms with van der Waals surface area (Å²) in [5.74, 6) is -1.48. The van der Waals surface area contributed by atoms with E-state index in [1.807, 2.05) is 0 Å². The van der Waals surface area contributed by atoms with Gasteiger partial charge >= 0.3 is 25.7 Å². The lowest BCUT2D eigenvalue weighted by Crippen LogP contribution is -2.30. The molecule has 0 spiro atoms. The maximum atomic E-state index is 12.8.